The van der Waals surface area contributed by atoms with E-state index < -0.39 is 6.09 Å². The second-order valence-corrected chi connectivity index (χ2v) is 8.26. The summed E-state index contributed by atoms with van der Waals surface area (Å²) >= 11 is 0. The predicted molar refractivity (Wildman–Crippen MR) is 118 cm³/mol. The summed E-state index contributed by atoms with van der Waals surface area (Å²) in [5.74, 6) is 0.0643. The van der Waals surface area contributed by atoms with Gasteiger partial charge in [0.25, 0.3) is 0 Å². The fourth-order valence-corrected chi connectivity index (χ4v) is 4.23. The zero-order valence-corrected chi connectivity index (χ0v) is 17.7. The Kier molecular flexibility index (Phi) is 6.04. The largest absolute Gasteiger partial charge is 0.447 e. The average Bonchev–Trinajstić information content (AvgIpc) is 3.14. The Labute approximate surface area is 177 Å². The van der Waals surface area contributed by atoms with Crippen LogP contribution in [0.3, 0.4) is 0 Å². The molecule has 0 atom stereocenters. The first-order chi connectivity index (χ1) is 14.5. The molecule has 2 aliphatic heterocycles. The van der Waals surface area contributed by atoms with Gasteiger partial charge in [-0.1, -0.05) is 24.3 Å². The molecule has 0 spiro atoms. The molecule has 2 amide bonds. The number of fused-ring (bicyclic) bond motifs is 2. The number of hydrogen-bond acceptors (Lipinski definition) is 4. The lowest BCUT2D eigenvalue weighted by Crippen LogP contribution is -2.37. The van der Waals surface area contributed by atoms with Crippen LogP contribution >= 0.6 is 0 Å². The maximum atomic E-state index is 13.5. The van der Waals surface area contributed by atoms with Crippen molar-refractivity contribution in [3.05, 3.63) is 53.6 Å². The van der Waals surface area contributed by atoms with Crippen LogP contribution in [0.25, 0.3) is 0 Å². The molecule has 2 heterocycles. The fraction of sp³-hybridized carbons (Fsp3) is 0.417. The lowest BCUT2D eigenvalue weighted by molar-refractivity contribution is -0.118. The minimum absolute atomic E-state index is 0.0643. The maximum absolute atomic E-state index is 13.5. The molecule has 1 N–H and O–H groups in total. The standard InChI is InChI=1S/C24H29N3O3/c1-17(2)30-24(29)25-20-12-11-19-10-9-18-7-3-4-8-21(18)27(22(19)15-20)23(28)16-26-13-5-6-14-26/h3-4,7-8,11-12,15,17H,5-6,9-10,13-14,16H2,1-2H3,(H,25,29). The van der Waals surface area contributed by atoms with Crippen LogP contribution in [0.1, 0.15) is 37.8 Å². The van der Waals surface area contributed by atoms with E-state index in [1.165, 1.54) is 0 Å². The Balaban J connectivity index is 1.69. The number of ether oxygens (including phenoxy) is 1. The number of carbonyl (C=O) groups excluding carboxylic acids is 2. The van der Waals surface area contributed by atoms with Gasteiger partial charge in [0.2, 0.25) is 5.91 Å². The van der Waals surface area contributed by atoms with Crippen molar-refractivity contribution < 1.29 is 14.3 Å². The Hall–Kier alpha value is -2.86. The summed E-state index contributed by atoms with van der Waals surface area (Å²) in [6, 6.07) is 13.9. The van der Waals surface area contributed by atoms with Gasteiger partial charge in [-0.2, -0.15) is 0 Å². The van der Waals surface area contributed by atoms with Crippen LogP contribution in [-0.4, -0.2) is 42.6 Å². The molecule has 0 aliphatic carbocycles. The average molecular weight is 408 g/mol. The molecule has 158 valence electrons. The molecule has 0 bridgehead atoms. The number of amides is 2. The van der Waals surface area contributed by atoms with Crippen LogP contribution in [-0.2, 0) is 22.4 Å². The van der Waals surface area contributed by atoms with Gasteiger partial charge >= 0.3 is 6.09 Å². The van der Waals surface area contributed by atoms with Gasteiger partial charge in [-0.05, 0) is 81.9 Å². The van der Waals surface area contributed by atoms with Gasteiger partial charge in [0.15, 0.2) is 0 Å². The smallest absolute Gasteiger partial charge is 0.411 e. The first-order valence-electron chi connectivity index (χ1n) is 10.7. The summed E-state index contributed by atoms with van der Waals surface area (Å²) in [6.07, 6.45) is 3.32. The van der Waals surface area contributed by atoms with Crippen LogP contribution in [0.15, 0.2) is 42.5 Å². The van der Waals surface area contributed by atoms with Crippen LogP contribution in [0.2, 0.25) is 0 Å². The number of hydrogen-bond donors (Lipinski definition) is 1. The molecule has 2 aromatic rings. The summed E-state index contributed by atoms with van der Waals surface area (Å²) in [6.45, 7) is 5.97. The summed E-state index contributed by atoms with van der Waals surface area (Å²) in [4.78, 5) is 29.6. The fourth-order valence-electron chi connectivity index (χ4n) is 4.23. The van der Waals surface area contributed by atoms with E-state index in [2.05, 4.69) is 16.3 Å². The molecule has 0 unspecified atom stereocenters. The second-order valence-electron chi connectivity index (χ2n) is 8.26. The van der Waals surface area contributed by atoms with Crippen LogP contribution < -0.4 is 10.2 Å². The Morgan fingerprint density at radius 1 is 1.00 bits per heavy atom. The third kappa shape index (κ3) is 4.49. The molecule has 6 nitrogen and oxygen atoms in total. The third-order valence-corrected chi connectivity index (χ3v) is 5.62. The molecular formula is C24H29N3O3. The number of likely N-dealkylation sites (tertiary alicyclic amines) is 1. The number of anilines is 3. The highest BCUT2D eigenvalue weighted by Crippen LogP contribution is 2.38. The van der Waals surface area contributed by atoms with Crippen molar-refractivity contribution >= 4 is 29.1 Å². The van der Waals surface area contributed by atoms with Gasteiger partial charge in [0, 0.05) is 5.69 Å². The number of nitrogens with one attached hydrogen (secondary N) is 1. The van der Waals surface area contributed by atoms with Gasteiger partial charge in [-0.15, -0.1) is 0 Å². The molecule has 2 aromatic carbocycles. The van der Waals surface area contributed by atoms with E-state index in [4.69, 9.17) is 4.74 Å². The highest BCUT2D eigenvalue weighted by atomic mass is 16.6. The van der Waals surface area contributed by atoms with Crippen molar-refractivity contribution in [3.63, 3.8) is 0 Å². The Morgan fingerprint density at radius 3 is 2.43 bits per heavy atom. The molecule has 6 heteroatoms. The zero-order chi connectivity index (χ0) is 21.1. The zero-order valence-electron chi connectivity index (χ0n) is 17.7. The molecule has 4 rings (SSSR count). The molecule has 30 heavy (non-hydrogen) atoms. The van der Waals surface area contributed by atoms with E-state index in [1.54, 1.807) is 0 Å². The maximum Gasteiger partial charge on any atom is 0.411 e. The van der Waals surface area contributed by atoms with E-state index in [0.717, 1.165) is 61.3 Å². The van der Waals surface area contributed by atoms with Gasteiger partial charge in [0.05, 0.1) is 24.0 Å². The van der Waals surface area contributed by atoms with Crippen molar-refractivity contribution in [1.29, 1.82) is 0 Å². The van der Waals surface area contributed by atoms with Crippen molar-refractivity contribution in [3.8, 4) is 0 Å². The van der Waals surface area contributed by atoms with Gasteiger partial charge in [0.1, 0.15) is 0 Å². The quantitative estimate of drug-likeness (QED) is 0.810. The topological polar surface area (TPSA) is 61.9 Å². The number of nitrogens with zero attached hydrogens (tertiary/aromatic N) is 2. The number of benzene rings is 2. The molecule has 1 fully saturated rings. The SMILES string of the molecule is CC(C)OC(=O)Nc1ccc2c(c1)N(C(=O)CN1CCCC1)c1ccccc1CC2. The predicted octanol–water partition coefficient (Wildman–Crippen LogP) is 4.50. The summed E-state index contributed by atoms with van der Waals surface area (Å²) in [5.41, 5.74) is 4.66. The summed E-state index contributed by atoms with van der Waals surface area (Å²) in [7, 11) is 0. The molecule has 0 saturated carbocycles. The van der Waals surface area contributed by atoms with Crippen molar-refractivity contribution in [2.24, 2.45) is 0 Å². The van der Waals surface area contributed by atoms with Crippen LogP contribution in [0.4, 0.5) is 21.9 Å². The van der Waals surface area contributed by atoms with Crippen LogP contribution in [0.5, 0.6) is 0 Å². The summed E-state index contributed by atoms with van der Waals surface area (Å²) in [5, 5.41) is 2.79. The first-order valence-corrected chi connectivity index (χ1v) is 10.7. The van der Waals surface area contributed by atoms with E-state index in [0.29, 0.717) is 12.2 Å². The normalized spacial score (nSPS) is 16.0. The lowest BCUT2D eigenvalue weighted by Gasteiger charge is -2.27. The van der Waals surface area contributed by atoms with Crippen molar-refractivity contribution in [2.45, 2.75) is 45.6 Å². The monoisotopic (exact) mass is 407 g/mol. The van der Waals surface area contributed by atoms with E-state index in [-0.39, 0.29) is 12.0 Å². The highest BCUT2D eigenvalue weighted by Gasteiger charge is 2.28. The lowest BCUT2D eigenvalue weighted by atomic mass is 10.0. The molecule has 0 aromatic heterocycles. The van der Waals surface area contributed by atoms with Crippen molar-refractivity contribution in [1.82, 2.24) is 4.90 Å². The minimum Gasteiger partial charge on any atom is -0.447 e. The Morgan fingerprint density at radius 2 is 1.70 bits per heavy atom. The second kappa shape index (κ2) is 8.88. The van der Waals surface area contributed by atoms with Crippen molar-refractivity contribution in [2.75, 3.05) is 29.9 Å². The van der Waals surface area contributed by atoms with E-state index >= 15 is 0 Å². The van der Waals surface area contributed by atoms with Gasteiger partial charge in [-0.25, -0.2) is 4.79 Å². The Bertz CT molecular complexity index is 935. The van der Waals surface area contributed by atoms with E-state index in [1.807, 2.05) is 55.1 Å². The molecule has 0 radical (unpaired) electrons. The van der Waals surface area contributed by atoms with E-state index in [9.17, 15) is 9.59 Å². The minimum atomic E-state index is -0.492. The first kappa shape index (κ1) is 20.4. The molecule has 2 aliphatic rings. The summed E-state index contributed by atoms with van der Waals surface area (Å²) < 4.78 is 5.20. The number of rotatable bonds is 4. The number of para-hydroxylation sites is 1. The van der Waals surface area contributed by atoms with Crippen LogP contribution in [0, 0.1) is 0 Å². The highest BCUT2D eigenvalue weighted by molar-refractivity contribution is 6.04. The van der Waals surface area contributed by atoms with Gasteiger partial charge < -0.3 is 4.74 Å². The molecular weight excluding hydrogens is 378 g/mol. The number of carbonyl (C=O) groups is 2. The van der Waals surface area contributed by atoms with Gasteiger partial charge in [-0.3, -0.25) is 19.9 Å². The third-order valence-electron chi connectivity index (χ3n) is 5.62. The number of aryl methyl sites for hydroxylation is 2. The molecule has 1 saturated heterocycles.